The molecule has 0 heterocycles. The Morgan fingerprint density at radius 2 is 0.519 bits per heavy atom. The molecule has 2 aromatic carbocycles. The van der Waals surface area contributed by atoms with Gasteiger partial charge in [-0.05, 0) is 5.92 Å². The first-order valence-electron chi connectivity index (χ1n) is 7.30. The van der Waals surface area contributed by atoms with Crippen molar-refractivity contribution in [3.8, 4) is 0 Å². The Morgan fingerprint density at radius 1 is 0.481 bits per heavy atom. The topological polar surface area (TPSA) is 156 Å². The summed E-state index contributed by atoms with van der Waals surface area (Å²) >= 11 is 0. The number of phosphoric acid groups is 2. The fourth-order valence-corrected chi connectivity index (χ4v) is 0.770. The third-order valence-corrected chi connectivity index (χ3v) is 1.33. The molecule has 0 aromatic heterocycles. The van der Waals surface area contributed by atoms with Crippen LogP contribution in [0.5, 0.6) is 0 Å². The molecule has 2 rings (SSSR count). The largest absolute Gasteiger partial charge is 0.466 e. The first-order chi connectivity index (χ1) is 11.7. The molecule has 0 spiro atoms. The molecule has 0 bridgehead atoms. The second kappa shape index (κ2) is 21.0. The zero-order valence-corrected chi connectivity index (χ0v) is 16.7. The molecule has 0 aliphatic carbocycles. The van der Waals surface area contributed by atoms with Gasteiger partial charge in [0, 0.05) is 0 Å². The predicted molar refractivity (Wildman–Crippen MR) is 109 cm³/mol. The highest BCUT2D eigenvalue weighted by atomic mass is 31.2. The third-order valence-electron chi connectivity index (χ3n) is 1.33. The fraction of sp³-hybridized carbons (Fsp3) is 0.294. The molecule has 2 aromatic rings. The maximum Gasteiger partial charge on any atom is 0.466 e. The first-order valence-corrected chi connectivity index (χ1v) is 10.4. The summed E-state index contributed by atoms with van der Waals surface area (Å²) in [5.74, 6) is 0.833. The van der Waals surface area contributed by atoms with Crippen molar-refractivity contribution in [3.63, 3.8) is 0 Å². The Hall–Kier alpha value is -1.34. The Morgan fingerprint density at radius 3 is 0.556 bits per heavy atom. The Labute approximate surface area is 161 Å². The zero-order chi connectivity index (χ0) is 21.1. The lowest BCUT2D eigenvalue weighted by Crippen LogP contribution is -1.66. The van der Waals surface area contributed by atoms with Crippen molar-refractivity contribution in [1.82, 2.24) is 0 Å². The second-order valence-corrected chi connectivity index (χ2v) is 7.12. The molecule has 27 heavy (non-hydrogen) atoms. The first kappa shape index (κ1) is 33.3. The summed E-state index contributed by atoms with van der Waals surface area (Å²) in [6.07, 6.45) is 0. The van der Waals surface area contributed by atoms with E-state index in [9.17, 15) is 0 Å². The van der Waals surface area contributed by atoms with Gasteiger partial charge in [-0.1, -0.05) is 101 Å². The molecule has 8 nitrogen and oxygen atoms in total. The lowest BCUT2D eigenvalue weighted by atomic mass is 10.3. The molecule has 0 radical (unpaired) electrons. The van der Waals surface area contributed by atoms with Crippen molar-refractivity contribution in [2.45, 2.75) is 28.2 Å². The minimum absolute atomic E-state index is 0. The highest BCUT2D eigenvalue weighted by Crippen LogP contribution is 2.26. The van der Waals surface area contributed by atoms with Gasteiger partial charge in [-0.2, -0.15) is 0 Å². The molecule has 0 saturated carbocycles. The highest BCUT2D eigenvalue weighted by molar-refractivity contribution is 7.45. The minimum atomic E-state index is -4.64. The van der Waals surface area contributed by atoms with Gasteiger partial charge in [-0.25, -0.2) is 9.13 Å². The van der Waals surface area contributed by atoms with Gasteiger partial charge in [0.25, 0.3) is 0 Å². The van der Waals surface area contributed by atoms with E-state index in [4.69, 9.17) is 38.5 Å². The van der Waals surface area contributed by atoms with E-state index in [-0.39, 0.29) is 7.43 Å². The summed E-state index contributed by atoms with van der Waals surface area (Å²) < 4.78 is 17.8. The van der Waals surface area contributed by atoms with Crippen LogP contribution >= 0.6 is 15.6 Å². The molecule has 0 atom stereocenters. The maximum absolute atomic E-state index is 8.88. The zero-order valence-electron chi connectivity index (χ0n) is 14.9. The van der Waals surface area contributed by atoms with Crippen LogP contribution in [0.25, 0.3) is 0 Å². The van der Waals surface area contributed by atoms with E-state index in [1.165, 1.54) is 0 Å². The summed E-state index contributed by atoms with van der Waals surface area (Å²) in [5, 5.41) is 0. The van der Waals surface area contributed by atoms with Gasteiger partial charge in [0.2, 0.25) is 0 Å². The molecule has 6 N–H and O–H groups in total. The van der Waals surface area contributed by atoms with Gasteiger partial charge < -0.3 is 29.4 Å². The van der Waals surface area contributed by atoms with Gasteiger partial charge in [-0.3, -0.25) is 0 Å². The monoisotopic (exact) mass is 426 g/mol. The van der Waals surface area contributed by atoms with Crippen LogP contribution in [0.2, 0.25) is 0 Å². The molecule has 0 saturated heterocycles. The van der Waals surface area contributed by atoms with Crippen LogP contribution in [0.4, 0.5) is 0 Å². The van der Waals surface area contributed by atoms with Gasteiger partial charge in [0.15, 0.2) is 0 Å². The molecule has 10 heteroatoms. The van der Waals surface area contributed by atoms with Gasteiger partial charge >= 0.3 is 15.6 Å². The van der Waals surface area contributed by atoms with Crippen LogP contribution in [0, 0.1) is 5.92 Å². The van der Waals surface area contributed by atoms with Crippen molar-refractivity contribution in [2.75, 3.05) is 0 Å². The molecule has 0 amide bonds. The number of hydrogen-bond donors (Lipinski definition) is 6. The van der Waals surface area contributed by atoms with E-state index in [0.29, 0.717) is 0 Å². The van der Waals surface area contributed by atoms with Crippen LogP contribution in [0.3, 0.4) is 0 Å². The quantitative estimate of drug-likeness (QED) is 0.347. The smallest absolute Gasteiger partial charge is 0.303 e. The summed E-state index contributed by atoms with van der Waals surface area (Å²) in [7, 11) is -9.28. The summed E-state index contributed by atoms with van der Waals surface area (Å²) in [5.41, 5.74) is 0. The molecule has 0 unspecified atom stereocenters. The number of hydrogen-bond acceptors (Lipinski definition) is 2. The summed E-state index contributed by atoms with van der Waals surface area (Å²) in [6, 6.07) is 24.0. The highest BCUT2D eigenvalue weighted by Gasteiger charge is 2.00. The lowest BCUT2D eigenvalue weighted by Gasteiger charge is -1.82. The molecule has 158 valence electrons. The Kier molecular flexibility index (Phi) is 25.8. The van der Waals surface area contributed by atoms with Crippen molar-refractivity contribution in [2.24, 2.45) is 5.92 Å². The van der Waals surface area contributed by atoms with E-state index in [0.717, 1.165) is 5.92 Å². The van der Waals surface area contributed by atoms with Crippen LogP contribution in [-0.2, 0) is 9.13 Å². The van der Waals surface area contributed by atoms with Crippen molar-refractivity contribution in [3.05, 3.63) is 72.8 Å². The van der Waals surface area contributed by atoms with Gasteiger partial charge in [-0.15, -0.1) is 0 Å². The number of rotatable bonds is 0. The molecular weight excluding hydrogens is 394 g/mol. The second-order valence-electron chi connectivity index (χ2n) is 5.07. The molecule has 0 aliphatic rings. The van der Waals surface area contributed by atoms with E-state index in [1.54, 1.807) is 0 Å². The number of benzene rings is 2. The maximum atomic E-state index is 8.88. The molecule has 0 aliphatic heterocycles. The lowest BCUT2D eigenvalue weighted by molar-refractivity contribution is 0.272. The van der Waals surface area contributed by atoms with Gasteiger partial charge in [0.1, 0.15) is 0 Å². The van der Waals surface area contributed by atoms with Crippen molar-refractivity contribution < 1.29 is 38.5 Å². The van der Waals surface area contributed by atoms with Crippen LogP contribution in [-0.4, -0.2) is 29.4 Å². The normalized spacial score (nSPS) is 9.26. The van der Waals surface area contributed by atoms with Crippen molar-refractivity contribution in [1.29, 1.82) is 0 Å². The fourth-order valence-electron chi connectivity index (χ4n) is 0.770. The summed E-state index contributed by atoms with van der Waals surface area (Å²) in [6.45, 7) is 6.50. The van der Waals surface area contributed by atoms with Crippen LogP contribution in [0.15, 0.2) is 72.8 Å². The summed E-state index contributed by atoms with van der Waals surface area (Å²) in [4.78, 5) is 43.1. The Bertz CT molecular complexity index is 458. The average Bonchev–Trinajstić information content (AvgIpc) is 2.47. The van der Waals surface area contributed by atoms with Crippen molar-refractivity contribution >= 4 is 15.6 Å². The van der Waals surface area contributed by atoms with E-state index in [1.807, 2.05) is 72.8 Å². The van der Waals surface area contributed by atoms with Crippen LogP contribution < -0.4 is 0 Å². The average molecular weight is 426 g/mol. The molecular formula is C17H32O8P2. The predicted octanol–water partition coefficient (Wildman–Crippen LogP) is 3.81. The SMILES string of the molecule is C.CC(C)C.O=P(O)(O)O.O=P(O)(O)O.c1ccccc1.c1ccccc1. The van der Waals surface area contributed by atoms with Crippen LogP contribution in [0.1, 0.15) is 28.2 Å². The molecule has 0 fully saturated rings. The van der Waals surface area contributed by atoms with E-state index in [2.05, 4.69) is 20.8 Å². The van der Waals surface area contributed by atoms with E-state index >= 15 is 0 Å². The standard InChI is InChI=1S/2C6H6.C4H10.CH4.2H3O4P/c2*1-2-4-6-5-3-1;1-4(2)3;;2*1-5(2,3)4/h2*1-6H;4H,1-3H3;1H4;2*(H3,1,2,3,4). The minimum Gasteiger partial charge on any atom is -0.303 e. The Balaban J connectivity index is -0.000000123. The van der Waals surface area contributed by atoms with Gasteiger partial charge in [0.05, 0.1) is 0 Å². The third kappa shape index (κ3) is 111. The van der Waals surface area contributed by atoms with E-state index < -0.39 is 15.6 Å².